The Morgan fingerprint density at radius 3 is 2.74 bits per heavy atom. The van der Waals surface area contributed by atoms with Crippen molar-refractivity contribution in [2.75, 3.05) is 13.7 Å². The number of rotatable bonds is 7. The van der Waals surface area contributed by atoms with Gasteiger partial charge in [-0.2, -0.15) is 4.57 Å². The van der Waals surface area contributed by atoms with Gasteiger partial charge in [-0.25, -0.2) is 4.57 Å². The molecule has 0 unspecified atom stereocenters. The van der Waals surface area contributed by atoms with Crippen LogP contribution < -0.4 is 9.30 Å². The molecule has 2 aromatic rings. The van der Waals surface area contributed by atoms with Crippen molar-refractivity contribution >= 4 is 11.6 Å². The lowest BCUT2D eigenvalue weighted by molar-refractivity contribution is -0.689. The molecule has 0 amide bonds. The lowest BCUT2D eigenvalue weighted by Crippen LogP contribution is -2.39. The van der Waals surface area contributed by atoms with Gasteiger partial charge in [-0.1, -0.05) is 12.1 Å². The summed E-state index contributed by atoms with van der Waals surface area (Å²) in [7, 11) is 1.48. The summed E-state index contributed by atoms with van der Waals surface area (Å²) in [6.45, 7) is 1.48. The number of aliphatic hydroxyl groups is 1. The Bertz CT molecular complexity index is 739. The highest BCUT2D eigenvalue weighted by Gasteiger charge is 2.26. The summed E-state index contributed by atoms with van der Waals surface area (Å²) in [5, 5.41) is 20.2. The highest BCUT2D eigenvalue weighted by molar-refractivity contribution is 5.97. The van der Waals surface area contributed by atoms with Gasteiger partial charge < -0.3 is 20.0 Å². The van der Waals surface area contributed by atoms with Crippen molar-refractivity contribution < 1.29 is 24.1 Å². The van der Waals surface area contributed by atoms with Crippen LogP contribution in [0.25, 0.3) is 0 Å². The van der Waals surface area contributed by atoms with Crippen molar-refractivity contribution in [1.29, 1.82) is 0 Å². The molecule has 0 spiro atoms. The zero-order valence-corrected chi connectivity index (χ0v) is 12.9. The zero-order valence-electron chi connectivity index (χ0n) is 12.9. The van der Waals surface area contributed by atoms with E-state index in [-0.39, 0.29) is 31.3 Å². The van der Waals surface area contributed by atoms with Gasteiger partial charge in [0.1, 0.15) is 12.3 Å². The molecule has 0 radical (unpaired) electrons. The van der Waals surface area contributed by atoms with E-state index in [2.05, 4.69) is 0 Å². The Balaban J connectivity index is 2.34. The number of aliphatic hydroxyl groups excluding tert-OH is 1. The summed E-state index contributed by atoms with van der Waals surface area (Å²) in [6.07, 6.45) is 1.30. The first kappa shape index (κ1) is 16.6. The van der Waals surface area contributed by atoms with Crippen molar-refractivity contribution in [1.82, 2.24) is 4.57 Å². The maximum Gasteiger partial charge on any atom is 0.365 e. The van der Waals surface area contributed by atoms with E-state index in [0.717, 1.165) is 0 Å². The molecule has 1 aromatic heterocycles. The van der Waals surface area contributed by atoms with Crippen LogP contribution in [-0.4, -0.2) is 34.1 Å². The van der Waals surface area contributed by atoms with Crippen molar-refractivity contribution in [2.45, 2.75) is 20.0 Å². The molecule has 2 rings (SSSR count). The first-order valence-corrected chi connectivity index (χ1v) is 7.00. The van der Waals surface area contributed by atoms with Crippen LogP contribution in [0, 0.1) is 17.0 Å². The number of hydrogen-bond acceptors (Lipinski definition) is 5. The Morgan fingerprint density at radius 1 is 1.43 bits per heavy atom. The Hall–Kier alpha value is -2.74. The molecule has 0 saturated carbocycles. The van der Waals surface area contributed by atoms with Crippen LogP contribution in [0.3, 0.4) is 0 Å². The molecule has 8 nitrogen and oxygen atoms in total. The fourth-order valence-corrected chi connectivity index (χ4v) is 2.42. The van der Waals surface area contributed by atoms with Crippen LogP contribution in [0.1, 0.15) is 16.2 Å². The normalized spacial score (nSPS) is 10.6. The van der Waals surface area contributed by atoms with Crippen molar-refractivity contribution in [3.8, 4) is 5.75 Å². The van der Waals surface area contributed by atoms with Crippen LogP contribution >= 0.6 is 0 Å². The Morgan fingerprint density at radius 2 is 2.13 bits per heavy atom. The van der Waals surface area contributed by atoms with Gasteiger partial charge in [0, 0.05) is 6.92 Å². The molecule has 1 aromatic carbocycles. The molecule has 23 heavy (non-hydrogen) atoms. The molecule has 0 atom stereocenters. The van der Waals surface area contributed by atoms with Crippen LogP contribution in [0.5, 0.6) is 5.75 Å². The molecule has 0 aliphatic carbocycles. The average Bonchev–Trinajstić information content (AvgIpc) is 2.85. The third-order valence-corrected chi connectivity index (χ3v) is 3.59. The Labute approximate surface area is 132 Å². The smallest absolute Gasteiger partial charge is 0.365 e. The number of carbonyl (C=O) groups is 1. The quantitative estimate of drug-likeness (QED) is 0.353. The van der Waals surface area contributed by atoms with Crippen LogP contribution in [0.4, 0.5) is 5.82 Å². The molecule has 0 bridgehead atoms. The zero-order chi connectivity index (χ0) is 17.0. The van der Waals surface area contributed by atoms with E-state index in [9.17, 15) is 14.9 Å². The topological polar surface area (TPSA) is 98.5 Å². The number of nitro groups is 1. The molecule has 0 aliphatic rings. The minimum Gasteiger partial charge on any atom is -0.496 e. The van der Waals surface area contributed by atoms with E-state index in [0.29, 0.717) is 17.1 Å². The minimum atomic E-state index is -0.535. The van der Waals surface area contributed by atoms with E-state index >= 15 is 0 Å². The monoisotopic (exact) mass is 320 g/mol. The summed E-state index contributed by atoms with van der Waals surface area (Å²) in [4.78, 5) is 23.0. The van der Waals surface area contributed by atoms with Gasteiger partial charge in [-0.15, -0.1) is 0 Å². The molecular formula is C15H18N3O5+. The van der Waals surface area contributed by atoms with Gasteiger partial charge in [-0.05, 0) is 17.1 Å². The SMILES string of the molecule is COc1ccccc1C(=O)C[n+]1cc([N+](=O)[O-])n(CCO)c1C. The summed E-state index contributed by atoms with van der Waals surface area (Å²) in [5.74, 6) is 0.602. The number of hydrogen-bond donors (Lipinski definition) is 1. The summed E-state index contributed by atoms with van der Waals surface area (Å²) in [6, 6.07) is 6.82. The minimum absolute atomic E-state index is 0.0501. The molecule has 8 heteroatoms. The largest absolute Gasteiger partial charge is 0.496 e. The highest BCUT2D eigenvalue weighted by atomic mass is 16.6. The number of benzene rings is 1. The van der Waals surface area contributed by atoms with Crippen LogP contribution in [0.2, 0.25) is 0 Å². The lowest BCUT2D eigenvalue weighted by Gasteiger charge is -2.06. The third-order valence-electron chi connectivity index (χ3n) is 3.59. The van der Waals surface area contributed by atoms with E-state index in [1.165, 1.54) is 22.4 Å². The van der Waals surface area contributed by atoms with Crippen LogP contribution in [-0.2, 0) is 13.1 Å². The van der Waals surface area contributed by atoms with Gasteiger partial charge in [0.15, 0.2) is 12.7 Å². The van der Waals surface area contributed by atoms with Crippen molar-refractivity contribution in [3.63, 3.8) is 0 Å². The maximum atomic E-state index is 12.5. The first-order valence-electron chi connectivity index (χ1n) is 7.00. The fourth-order valence-electron chi connectivity index (χ4n) is 2.42. The molecular weight excluding hydrogens is 302 g/mol. The fraction of sp³-hybridized carbons (Fsp3) is 0.333. The summed E-state index contributed by atoms with van der Waals surface area (Å²) >= 11 is 0. The molecule has 1 heterocycles. The summed E-state index contributed by atoms with van der Waals surface area (Å²) < 4.78 is 8.04. The predicted octanol–water partition coefficient (Wildman–Crippen LogP) is 0.876. The molecule has 0 saturated heterocycles. The van der Waals surface area contributed by atoms with Crippen molar-refractivity contribution in [3.05, 3.63) is 52.0 Å². The molecule has 1 N–H and O–H groups in total. The van der Waals surface area contributed by atoms with E-state index in [4.69, 9.17) is 9.84 Å². The maximum absolute atomic E-state index is 12.5. The van der Waals surface area contributed by atoms with E-state index in [1.54, 1.807) is 31.2 Å². The first-order chi connectivity index (χ1) is 11.0. The van der Waals surface area contributed by atoms with Gasteiger partial charge in [0.05, 0.1) is 19.3 Å². The second-order valence-electron chi connectivity index (χ2n) is 4.92. The molecule has 122 valence electrons. The van der Waals surface area contributed by atoms with Crippen LogP contribution in [0.15, 0.2) is 30.5 Å². The number of Topliss-reactive ketones (excluding diaryl/α,β-unsaturated/α-hetero) is 1. The van der Waals surface area contributed by atoms with Gasteiger partial charge in [-0.3, -0.25) is 4.79 Å². The van der Waals surface area contributed by atoms with Crippen molar-refractivity contribution in [2.24, 2.45) is 0 Å². The van der Waals surface area contributed by atoms with E-state index in [1.807, 2.05) is 0 Å². The highest BCUT2D eigenvalue weighted by Crippen LogP contribution is 2.18. The second kappa shape index (κ2) is 7.01. The number of nitrogens with zero attached hydrogens (tertiary/aromatic N) is 3. The average molecular weight is 320 g/mol. The number of methoxy groups -OCH3 is 1. The lowest BCUT2D eigenvalue weighted by atomic mass is 10.1. The number of imidazole rings is 1. The third kappa shape index (κ3) is 3.37. The number of carbonyl (C=O) groups excluding carboxylic acids is 1. The standard InChI is InChI=1S/C15H18N3O5/c1-11-16(10-15(18(21)22)17(11)7-8-19)9-13(20)12-5-3-4-6-14(12)23-2/h3-6,10,19H,7-9H2,1-2H3/q+1. The van der Waals surface area contributed by atoms with Gasteiger partial charge in [0.25, 0.3) is 5.82 Å². The number of para-hydroxylation sites is 1. The molecule has 0 aliphatic heterocycles. The number of aromatic nitrogens is 2. The van der Waals surface area contributed by atoms with E-state index < -0.39 is 4.92 Å². The van der Waals surface area contributed by atoms with Gasteiger partial charge in [0.2, 0.25) is 5.78 Å². The second-order valence-corrected chi connectivity index (χ2v) is 4.92. The summed E-state index contributed by atoms with van der Waals surface area (Å²) in [5.41, 5.74) is 0.416. The Kier molecular flexibility index (Phi) is 5.07. The number of ketones is 1. The predicted molar refractivity (Wildman–Crippen MR) is 80.4 cm³/mol. The molecule has 0 fully saturated rings. The number of ether oxygens (including phenoxy) is 1. The van der Waals surface area contributed by atoms with Gasteiger partial charge >= 0.3 is 5.82 Å².